The van der Waals surface area contributed by atoms with Gasteiger partial charge in [-0.1, -0.05) is 63.2 Å². The van der Waals surface area contributed by atoms with Crippen LogP contribution in [0, 0.1) is 0 Å². The van der Waals surface area contributed by atoms with Crippen molar-refractivity contribution in [1.29, 1.82) is 0 Å². The van der Waals surface area contributed by atoms with E-state index in [2.05, 4.69) is 4.98 Å². The van der Waals surface area contributed by atoms with Crippen LogP contribution in [0.3, 0.4) is 0 Å². The number of fused-ring (bicyclic) bond motifs is 1. The maximum Gasteiger partial charge on any atom is 0.416 e. The minimum Gasteiger partial charge on any atom is -0.361 e. The Morgan fingerprint density at radius 3 is 2.07 bits per heavy atom. The molecule has 1 aromatic heterocycles. The van der Waals surface area contributed by atoms with Crippen LogP contribution in [0.25, 0.3) is 10.9 Å². The first-order chi connectivity index (χ1) is 20.1. The zero-order valence-corrected chi connectivity index (χ0v) is 25.9. The second kappa shape index (κ2) is 12.5. The van der Waals surface area contributed by atoms with Gasteiger partial charge in [0.15, 0.2) is 0 Å². The van der Waals surface area contributed by atoms with E-state index in [1.807, 2.05) is 51.2 Å². The van der Waals surface area contributed by atoms with Gasteiger partial charge in [-0.3, -0.25) is 4.79 Å². The monoisotopic (exact) mass is 613 g/mol. The number of alkyl halides is 3. The zero-order valence-electron chi connectivity index (χ0n) is 25.1. The number of amides is 1. The molecular formula is C33H38F3N3O3S. The molecule has 230 valence electrons. The highest BCUT2D eigenvalue weighted by molar-refractivity contribution is 7.89. The van der Waals surface area contributed by atoms with Crippen molar-refractivity contribution in [3.8, 4) is 0 Å². The van der Waals surface area contributed by atoms with Crippen LogP contribution in [0.4, 0.5) is 13.2 Å². The minimum absolute atomic E-state index is 0.0333. The molecule has 4 rings (SSSR count). The van der Waals surface area contributed by atoms with Crippen molar-refractivity contribution in [3.63, 3.8) is 0 Å². The third kappa shape index (κ3) is 7.67. The first-order valence-corrected chi connectivity index (χ1v) is 15.6. The molecule has 10 heteroatoms. The summed E-state index contributed by atoms with van der Waals surface area (Å²) in [5, 5.41) is 1.01. The van der Waals surface area contributed by atoms with E-state index in [-0.39, 0.29) is 23.4 Å². The van der Waals surface area contributed by atoms with Crippen molar-refractivity contribution < 1.29 is 26.4 Å². The lowest BCUT2D eigenvalue weighted by Gasteiger charge is -2.30. The molecule has 0 radical (unpaired) electrons. The Kier molecular flexibility index (Phi) is 9.42. The van der Waals surface area contributed by atoms with Crippen molar-refractivity contribution in [2.24, 2.45) is 0 Å². The van der Waals surface area contributed by atoms with E-state index >= 15 is 0 Å². The standard InChI is InChI=1S/C33H38F3N3O3S/c1-23(2)39(43(41,42)28-16-14-26(15-17-28)32(3,4)5)22-31(40)38(21-24-10-12-27(13-11-24)33(34,35)36)19-18-25-20-37-30-9-7-6-8-29(25)30/h6-17,20,23,37H,18-19,21-22H2,1-5H3. The molecule has 0 spiro atoms. The van der Waals surface area contributed by atoms with Gasteiger partial charge in [0.2, 0.25) is 15.9 Å². The Labute approximate surface area is 251 Å². The first kappa shape index (κ1) is 32.3. The number of carbonyl (C=O) groups is 1. The number of sulfonamides is 1. The Morgan fingerprint density at radius 1 is 0.884 bits per heavy atom. The summed E-state index contributed by atoms with van der Waals surface area (Å²) >= 11 is 0. The van der Waals surface area contributed by atoms with Gasteiger partial charge in [-0.2, -0.15) is 17.5 Å². The predicted molar refractivity (Wildman–Crippen MR) is 163 cm³/mol. The second-order valence-corrected chi connectivity index (χ2v) is 13.9. The molecule has 0 aliphatic heterocycles. The van der Waals surface area contributed by atoms with Crippen molar-refractivity contribution in [1.82, 2.24) is 14.2 Å². The summed E-state index contributed by atoms with van der Waals surface area (Å²) in [5.74, 6) is -0.441. The Hall–Kier alpha value is -3.63. The maximum atomic E-state index is 13.8. The van der Waals surface area contributed by atoms with Crippen LogP contribution in [0.5, 0.6) is 0 Å². The van der Waals surface area contributed by atoms with E-state index < -0.39 is 40.3 Å². The SMILES string of the molecule is CC(C)N(CC(=O)N(CCc1c[nH]c2ccccc12)Cc1ccc(C(F)(F)F)cc1)S(=O)(=O)c1ccc(C(C)(C)C)cc1. The summed E-state index contributed by atoms with van der Waals surface area (Å²) in [6.07, 6.45) is -2.13. The van der Waals surface area contributed by atoms with Crippen molar-refractivity contribution >= 4 is 26.8 Å². The Morgan fingerprint density at radius 2 is 1.49 bits per heavy atom. The van der Waals surface area contributed by atoms with Gasteiger partial charge in [-0.25, -0.2) is 8.42 Å². The van der Waals surface area contributed by atoms with Crippen LogP contribution in [-0.2, 0) is 39.4 Å². The largest absolute Gasteiger partial charge is 0.416 e. The third-order valence-electron chi connectivity index (χ3n) is 7.53. The Bertz CT molecular complexity index is 1650. The van der Waals surface area contributed by atoms with Crippen LogP contribution in [0.2, 0.25) is 0 Å². The summed E-state index contributed by atoms with van der Waals surface area (Å²) in [6.45, 7) is 9.40. The van der Waals surface area contributed by atoms with Crippen LogP contribution in [0.1, 0.15) is 56.9 Å². The van der Waals surface area contributed by atoms with Gasteiger partial charge < -0.3 is 9.88 Å². The lowest BCUT2D eigenvalue weighted by Crippen LogP contribution is -2.46. The van der Waals surface area contributed by atoms with Crippen molar-refractivity contribution in [2.75, 3.05) is 13.1 Å². The van der Waals surface area contributed by atoms with Gasteiger partial charge in [-0.15, -0.1) is 0 Å². The van der Waals surface area contributed by atoms with Crippen LogP contribution >= 0.6 is 0 Å². The van der Waals surface area contributed by atoms with E-state index in [0.29, 0.717) is 12.0 Å². The van der Waals surface area contributed by atoms with E-state index in [0.717, 1.165) is 34.2 Å². The number of hydrogen-bond donors (Lipinski definition) is 1. The number of benzene rings is 3. The van der Waals surface area contributed by atoms with E-state index in [4.69, 9.17) is 0 Å². The van der Waals surface area contributed by atoms with Crippen molar-refractivity contribution in [2.45, 2.75) is 70.1 Å². The van der Waals surface area contributed by atoms with Gasteiger partial charge in [0.1, 0.15) is 0 Å². The highest BCUT2D eigenvalue weighted by Gasteiger charge is 2.32. The molecule has 0 unspecified atom stereocenters. The molecule has 0 bridgehead atoms. The number of nitrogens with zero attached hydrogens (tertiary/aromatic N) is 2. The van der Waals surface area contributed by atoms with Gasteiger partial charge >= 0.3 is 6.18 Å². The molecule has 43 heavy (non-hydrogen) atoms. The molecule has 1 amide bonds. The highest BCUT2D eigenvalue weighted by atomic mass is 32.2. The molecule has 0 atom stereocenters. The fraction of sp³-hybridized carbons (Fsp3) is 0.364. The number of halogens is 3. The summed E-state index contributed by atoms with van der Waals surface area (Å²) in [5.41, 5.74) is 2.50. The molecule has 0 saturated heterocycles. The number of hydrogen-bond acceptors (Lipinski definition) is 3. The van der Waals surface area contributed by atoms with E-state index in [9.17, 15) is 26.4 Å². The summed E-state index contributed by atoms with van der Waals surface area (Å²) in [7, 11) is -4.02. The molecule has 6 nitrogen and oxygen atoms in total. The fourth-order valence-electron chi connectivity index (χ4n) is 4.95. The van der Waals surface area contributed by atoms with Crippen LogP contribution in [-0.4, -0.2) is 47.6 Å². The van der Waals surface area contributed by atoms with Crippen molar-refractivity contribution in [3.05, 3.63) is 101 Å². The van der Waals surface area contributed by atoms with E-state index in [1.165, 1.54) is 21.3 Å². The van der Waals surface area contributed by atoms with Gasteiger partial charge in [0, 0.05) is 36.2 Å². The zero-order chi connectivity index (χ0) is 31.6. The number of nitrogens with one attached hydrogen (secondary N) is 1. The first-order valence-electron chi connectivity index (χ1n) is 14.2. The number of aromatic amines is 1. The lowest BCUT2D eigenvalue weighted by molar-refractivity contribution is -0.137. The molecule has 1 N–H and O–H groups in total. The molecule has 1 heterocycles. The normalized spacial score (nSPS) is 12.8. The summed E-state index contributed by atoms with van der Waals surface area (Å²) in [6, 6.07) is 18.6. The summed E-state index contributed by atoms with van der Waals surface area (Å²) in [4.78, 5) is 18.6. The van der Waals surface area contributed by atoms with Gasteiger partial charge in [0.25, 0.3) is 0 Å². The average molecular weight is 614 g/mol. The van der Waals surface area contributed by atoms with E-state index in [1.54, 1.807) is 38.1 Å². The van der Waals surface area contributed by atoms with Crippen LogP contribution in [0.15, 0.2) is 83.9 Å². The number of rotatable bonds is 10. The number of aromatic nitrogens is 1. The molecular weight excluding hydrogens is 575 g/mol. The Balaban J connectivity index is 1.60. The number of H-pyrrole nitrogens is 1. The number of para-hydroxylation sites is 1. The smallest absolute Gasteiger partial charge is 0.361 e. The lowest BCUT2D eigenvalue weighted by atomic mass is 9.87. The topological polar surface area (TPSA) is 73.5 Å². The molecule has 0 saturated carbocycles. The van der Waals surface area contributed by atoms with Crippen LogP contribution < -0.4 is 0 Å². The maximum absolute atomic E-state index is 13.8. The molecule has 0 aliphatic carbocycles. The van der Waals surface area contributed by atoms with Gasteiger partial charge in [-0.05, 0) is 72.7 Å². The minimum atomic E-state index is -4.47. The third-order valence-corrected chi connectivity index (χ3v) is 9.56. The molecule has 0 fully saturated rings. The second-order valence-electron chi connectivity index (χ2n) is 12.0. The molecule has 4 aromatic rings. The molecule has 3 aromatic carbocycles. The predicted octanol–water partition coefficient (Wildman–Crippen LogP) is 7.15. The van der Waals surface area contributed by atoms with Gasteiger partial charge in [0.05, 0.1) is 17.0 Å². The highest BCUT2D eigenvalue weighted by Crippen LogP contribution is 2.30. The fourth-order valence-corrected chi connectivity index (χ4v) is 6.53. The average Bonchev–Trinajstić information content (AvgIpc) is 3.36. The molecule has 0 aliphatic rings. The quantitative estimate of drug-likeness (QED) is 0.206. The summed E-state index contributed by atoms with van der Waals surface area (Å²) < 4.78 is 68.0. The number of carbonyl (C=O) groups excluding carboxylic acids is 1.